The number of piperazine rings is 1. The van der Waals surface area contributed by atoms with Crippen LogP contribution in [-0.4, -0.2) is 54.2 Å². The highest BCUT2D eigenvalue weighted by Gasteiger charge is 2.24. The molecular formula is C26H35N3O2. The Hall–Kier alpha value is -2.50. The van der Waals surface area contributed by atoms with Gasteiger partial charge in [-0.05, 0) is 28.5 Å². The Labute approximate surface area is 186 Å². The smallest absolute Gasteiger partial charge is 0.293 e. The van der Waals surface area contributed by atoms with Gasteiger partial charge in [0.05, 0.1) is 6.54 Å². The van der Waals surface area contributed by atoms with Crippen molar-refractivity contribution in [2.75, 3.05) is 38.0 Å². The van der Waals surface area contributed by atoms with Crippen LogP contribution in [0.3, 0.4) is 0 Å². The van der Waals surface area contributed by atoms with Crippen LogP contribution in [0.2, 0.25) is 0 Å². The van der Waals surface area contributed by atoms with Crippen LogP contribution in [-0.2, 0) is 16.1 Å². The molecule has 1 fully saturated rings. The number of nitrogens with one attached hydrogen (secondary N) is 1. The minimum atomic E-state index is -0.512. The standard InChI is InChI=1S/C26H35N3O2/c1-19(2)22-11-8-12-23(20(3)4)25(22)27-26(31)24(30)18-29-15-13-28(14-16-29)17-21-9-6-5-7-10-21/h5-12,19-20H,13-18H2,1-4H3,(H,27,31). The topological polar surface area (TPSA) is 52.7 Å². The van der Waals surface area contributed by atoms with Crippen molar-refractivity contribution in [2.24, 2.45) is 0 Å². The van der Waals surface area contributed by atoms with E-state index in [1.54, 1.807) is 0 Å². The van der Waals surface area contributed by atoms with Crippen LogP contribution in [0, 0.1) is 0 Å². The molecule has 5 heteroatoms. The summed E-state index contributed by atoms with van der Waals surface area (Å²) in [5, 5.41) is 2.95. The number of anilines is 1. The second-order valence-corrected chi connectivity index (χ2v) is 9.04. The maximum absolute atomic E-state index is 12.7. The molecule has 1 saturated heterocycles. The third-order valence-corrected chi connectivity index (χ3v) is 5.95. The van der Waals surface area contributed by atoms with Crippen LogP contribution in [0.4, 0.5) is 5.69 Å². The Morgan fingerprint density at radius 3 is 1.90 bits per heavy atom. The van der Waals surface area contributed by atoms with Gasteiger partial charge in [-0.15, -0.1) is 0 Å². The fourth-order valence-corrected chi connectivity index (χ4v) is 4.10. The molecule has 1 aliphatic heterocycles. The molecule has 0 spiro atoms. The monoisotopic (exact) mass is 421 g/mol. The first-order valence-electron chi connectivity index (χ1n) is 11.3. The van der Waals surface area contributed by atoms with Gasteiger partial charge in [-0.25, -0.2) is 0 Å². The average Bonchev–Trinajstić information content (AvgIpc) is 2.75. The molecule has 1 N–H and O–H groups in total. The molecule has 2 aromatic carbocycles. The summed E-state index contributed by atoms with van der Waals surface area (Å²) in [6.07, 6.45) is 0. The molecule has 1 amide bonds. The molecule has 0 bridgehead atoms. The van der Waals surface area contributed by atoms with Gasteiger partial charge in [-0.3, -0.25) is 19.4 Å². The lowest BCUT2D eigenvalue weighted by atomic mass is 9.92. The summed E-state index contributed by atoms with van der Waals surface area (Å²) < 4.78 is 0. The number of para-hydroxylation sites is 1. The molecule has 0 aromatic heterocycles. The van der Waals surface area contributed by atoms with Crippen LogP contribution in [0.1, 0.15) is 56.2 Å². The first-order valence-corrected chi connectivity index (χ1v) is 11.3. The van der Waals surface area contributed by atoms with Crippen LogP contribution < -0.4 is 5.32 Å². The highest BCUT2D eigenvalue weighted by atomic mass is 16.2. The molecule has 3 rings (SSSR count). The van der Waals surface area contributed by atoms with E-state index in [4.69, 9.17) is 0 Å². The van der Waals surface area contributed by atoms with E-state index in [1.165, 1.54) is 5.56 Å². The van der Waals surface area contributed by atoms with Gasteiger partial charge in [-0.1, -0.05) is 76.2 Å². The van der Waals surface area contributed by atoms with Gasteiger partial charge in [0.1, 0.15) is 0 Å². The van der Waals surface area contributed by atoms with E-state index in [-0.39, 0.29) is 24.2 Å². The number of hydrogen-bond donors (Lipinski definition) is 1. The molecule has 0 unspecified atom stereocenters. The second-order valence-electron chi connectivity index (χ2n) is 9.04. The fourth-order valence-electron chi connectivity index (χ4n) is 4.10. The van der Waals surface area contributed by atoms with Gasteiger partial charge in [0.25, 0.3) is 5.91 Å². The third-order valence-electron chi connectivity index (χ3n) is 5.95. The Kier molecular flexibility index (Phi) is 7.99. The SMILES string of the molecule is CC(C)c1cccc(C(C)C)c1NC(=O)C(=O)CN1CCN(Cc2ccccc2)CC1. The molecule has 0 atom stereocenters. The predicted octanol–water partition coefficient (Wildman–Crippen LogP) is 4.26. The Morgan fingerprint density at radius 1 is 0.806 bits per heavy atom. The van der Waals surface area contributed by atoms with Crippen LogP contribution in [0.25, 0.3) is 0 Å². The Bertz CT molecular complexity index is 859. The number of Topliss-reactive ketones (excluding diaryl/α,β-unsaturated/α-hetero) is 1. The molecule has 1 heterocycles. The highest BCUT2D eigenvalue weighted by Crippen LogP contribution is 2.32. The van der Waals surface area contributed by atoms with Crippen molar-refractivity contribution in [2.45, 2.75) is 46.1 Å². The fraction of sp³-hybridized carbons (Fsp3) is 0.462. The number of nitrogens with zero attached hydrogens (tertiary/aromatic N) is 2. The van der Waals surface area contributed by atoms with Crippen molar-refractivity contribution < 1.29 is 9.59 Å². The minimum Gasteiger partial charge on any atom is -0.319 e. The minimum absolute atomic E-state index is 0.172. The molecule has 0 saturated carbocycles. The van der Waals surface area contributed by atoms with Crippen LogP contribution in [0.5, 0.6) is 0 Å². The first-order chi connectivity index (χ1) is 14.8. The molecule has 5 nitrogen and oxygen atoms in total. The number of hydrogen-bond acceptors (Lipinski definition) is 4. The average molecular weight is 422 g/mol. The maximum atomic E-state index is 12.7. The zero-order chi connectivity index (χ0) is 22.4. The highest BCUT2D eigenvalue weighted by molar-refractivity contribution is 6.41. The number of benzene rings is 2. The zero-order valence-corrected chi connectivity index (χ0v) is 19.2. The van der Waals surface area contributed by atoms with Gasteiger partial charge < -0.3 is 5.32 Å². The molecule has 166 valence electrons. The lowest BCUT2D eigenvalue weighted by Gasteiger charge is -2.34. The molecule has 0 aliphatic carbocycles. The summed E-state index contributed by atoms with van der Waals surface area (Å²) in [6, 6.07) is 16.5. The summed E-state index contributed by atoms with van der Waals surface area (Å²) in [5.41, 5.74) is 4.25. The van der Waals surface area contributed by atoms with Crippen LogP contribution >= 0.6 is 0 Å². The number of carbonyl (C=O) groups excluding carboxylic acids is 2. The van der Waals surface area contributed by atoms with Crippen molar-refractivity contribution in [3.8, 4) is 0 Å². The summed E-state index contributed by atoms with van der Waals surface area (Å²) in [5.74, 6) is -0.352. The second kappa shape index (κ2) is 10.7. The van der Waals surface area contributed by atoms with Crippen molar-refractivity contribution in [1.82, 2.24) is 9.80 Å². The number of amides is 1. The quantitative estimate of drug-likeness (QED) is 0.647. The predicted molar refractivity (Wildman–Crippen MR) is 126 cm³/mol. The van der Waals surface area contributed by atoms with E-state index in [1.807, 2.05) is 24.3 Å². The van der Waals surface area contributed by atoms with Crippen molar-refractivity contribution in [3.63, 3.8) is 0 Å². The molecule has 2 aromatic rings. The van der Waals surface area contributed by atoms with E-state index in [0.29, 0.717) is 0 Å². The van der Waals surface area contributed by atoms with Crippen molar-refractivity contribution in [1.29, 1.82) is 0 Å². The van der Waals surface area contributed by atoms with E-state index in [9.17, 15) is 9.59 Å². The third kappa shape index (κ3) is 6.25. The van der Waals surface area contributed by atoms with Gasteiger partial charge in [-0.2, -0.15) is 0 Å². The Morgan fingerprint density at radius 2 is 1.35 bits per heavy atom. The summed E-state index contributed by atoms with van der Waals surface area (Å²) in [4.78, 5) is 29.9. The van der Waals surface area contributed by atoms with Gasteiger partial charge in [0.15, 0.2) is 0 Å². The number of carbonyl (C=O) groups is 2. The Balaban J connectivity index is 1.56. The normalized spacial score (nSPS) is 15.4. The van der Waals surface area contributed by atoms with E-state index in [0.717, 1.165) is 49.5 Å². The van der Waals surface area contributed by atoms with Crippen LogP contribution in [0.15, 0.2) is 48.5 Å². The molecular weight excluding hydrogens is 386 g/mol. The summed E-state index contributed by atoms with van der Waals surface area (Å²) in [7, 11) is 0. The van der Waals surface area contributed by atoms with E-state index < -0.39 is 5.91 Å². The summed E-state index contributed by atoms with van der Waals surface area (Å²) in [6.45, 7) is 12.9. The summed E-state index contributed by atoms with van der Waals surface area (Å²) >= 11 is 0. The zero-order valence-electron chi connectivity index (χ0n) is 19.2. The largest absolute Gasteiger partial charge is 0.319 e. The lowest BCUT2D eigenvalue weighted by molar-refractivity contribution is -0.135. The molecule has 31 heavy (non-hydrogen) atoms. The maximum Gasteiger partial charge on any atom is 0.293 e. The lowest BCUT2D eigenvalue weighted by Crippen LogP contribution is -2.48. The van der Waals surface area contributed by atoms with Gasteiger partial charge in [0.2, 0.25) is 5.78 Å². The van der Waals surface area contributed by atoms with Crippen molar-refractivity contribution >= 4 is 17.4 Å². The van der Waals surface area contributed by atoms with E-state index in [2.05, 4.69) is 67.1 Å². The molecule has 0 radical (unpaired) electrons. The molecule has 1 aliphatic rings. The number of rotatable bonds is 8. The first kappa shape index (κ1) is 23.2. The van der Waals surface area contributed by atoms with Crippen molar-refractivity contribution in [3.05, 3.63) is 65.2 Å². The van der Waals surface area contributed by atoms with E-state index >= 15 is 0 Å². The number of ketones is 1. The van der Waals surface area contributed by atoms with Gasteiger partial charge in [0, 0.05) is 38.4 Å². The van der Waals surface area contributed by atoms with Gasteiger partial charge >= 0.3 is 0 Å².